The average Bonchev–Trinajstić information content (AvgIpc) is 2.98. The molecule has 7 rings (SSSR count). The largest absolute Gasteiger partial charge is 0.378 e. The van der Waals surface area contributed by atoms with E-state index in [4.69, 9.17) is 9.47 Å². The summed E-state index contributed by atoms with van der Waals surface area (Å²) in [4.78, 5) is 4.26. The monoisotopic (exact) mass is 500 g/mol. The van der Waals surface area contributed by atoms with Gasteiger partial charge >= 0.3 is 0 Å². The number of ether oxygens (including phenoxy) is 2. The van der Waals surface area contributed by atoms with Crippen LogP contribution in [0.1, 0.15) is 11.1 Å². The van der Waals surface area contributed by atoms with Crippen molar-refractivity contribution in [2.24, 2.45) is 0 Å². The van der Waals surface area contributed by atoms with E-state index in [9.17, 15) is 0 Å². The molecule has 0 unspecified atom stereocenters. The van der Waals surface area contributed by atoms with Crippen molar-refractivity contribution in [2.45, 2.75) is 0 Å². The fourth-order valence-electron chi connectivity index (χ4n) is 5.10. The molecule has 2 saturated heterocycles. The molecule has 8 nitrogen and oxygen atoms in total. The smallest absolute Gasteiger partial charge is 0.0649 e. The first-order chi connectivity index (χ1) is 18.8. The van der Waals surface area contributed by atoms with E-state index in [0.717, 1.165) is 80.4 Å². The number of rotatable bonds is 0. The maximum Gasteiger partial charge on any atom is 0.0649 e. The lowest BCUT2D eigenvalue weighted by Crippen LogP contribution is -2.32. The molecule has 0 amide bonds. The van der Waals surface area contributed by atoms with Crippen LogP contribution in [0.25, 0.3) is 43.1 Å². The summed E-state index contributed by atoms with van der Waals surface area (Å²) >= 11 is 0. The van der Waals surface area contributed by atoms with Gasteiger partial charge in [-0.15, -0.1) is 0 Å². The number of benzene rings is 3. The van der Waals surface area contributed by atoms with Crippen LogP contribution in [0.2, 0.25) is 0 Å². The highest BCUT2D eigenvalue weighted by Crippen LogP contribution is 2.36. The van der Waals surface area contributed by atoms with Crippen LogP contribution < -0.4 is 0 Å². The molecule has 2 fully saturated rings. The molecule has 186 valence electrons. The van der Waals surface area contributed by atoms with Crippen LogP contribution in [-0.2, 0) is 9.47 Å². The summed E-state index contributed by atoms with van der Waals surface area (Å²) in [5.74, 6) is 7.07. The maximum atomic E-state index is 5.52. The first-order valence-corrected chi connectivity index (χ1v) is 12.8. The van der Waals surface area contributed by atoms with Crippen LogP contribution in [0.5, 0.6) is 0 Å². The summed E-state index contributed by atoms with van der Waals surface area (Å²) in [5, 5.41) is 24.7. The summed E-state index contributed by atoms with van der Waals surface area (Å²) in [6.45, 7) is 5.95. The number of nitrogens with zero attached hydrogens (tertiary/aromatic N) is 6. The normalized spacial score (nSPS) is 15.9. The van der Waals surface area contributed by atoms with Crippen molar-refractivity contribution in [1.29, 1.82) is 0 Å². The zero-order chi connectivity index (χ0) is 25.3. The molecule has 38 heavy (non-hydrogen) atoms. The molecule has 2 aliphatic heterocycles. The highest BCUT2D eigenvalue weighted by atomic mass is 16.5. The zero-order valence-electron chi connectivity index (χ0n) is 20.8. The van der Waals surface area contributed by atoms with Gasteiger partial charge in [-0.05, 0) is 57.7 Å². The number of fused-ring (bicyclic) bond motifs is 4. The lowest BCUT2D eigenvalue weighted by Gasteiger charge is -2.23. The van der Waals surface area contributed by atoms with E-state index < -0.39 is 0 Å². The Bertz CT molecular complexity index is 1590. The summed E-state index contributed by atoms with van der Waals surface area (Å²) < 4.78 is 11.0. The number of hydrogen-bond donors (Lipinski definition) is 0. The molecule has 0 bridgehead atoms. The van der Waals surface area contributed by atoms with Gasteiger partial charge in [0.05, 0.1) is 51.2 Å². The standard InChI is InChI=1S/C30H24N6O2/c1(3-35-5-9-37-10-6-35)25-27-13-21-17-31-33-19-23(21)15-29(27)26(2-4-36-7-11-38-12-8-36)30-16-24-20-34-32-18-22(24)14-28(25)30/h13-20H,5-12H2. The van der Waals surface area contributed by atoms with E-state index in [0.29, 0.717) is 26.4 Å². The molecule has 4 heterocycles. The van der Waals surface area contributed by atoms with E-state index in [2.05, 4.69) is 78.4 Å². The zero-order valence-corrected chi connectivity index (χ0v) is 20.8. The van der Waals surface area contributed by atoms with Gasteiger partial charge in [0.25, 0.3) is 0 Å². The van der Waals surface area contributed by atoms with Gasteiger partial charge in [0.15, 0.2) is 0 Å². The Hall–Kier alpha value is -4.50. The number of aromatic nitrogens is 4. The quantitative estimate of drug-likeness (QED) is 0.237. The van der Waals surface area contributed by atoms with Gasteiger partial charge < -0.3 is 19.3 Å². The van der Waals surface area contributed by atoms with E-state index in [1.165, 1.54) is 0 Å². The third-order valence-corrected chi connectivity index (χ3v) is 7.14. The third-order valence-electron chi connectivity index (χ3n) is 7.14. The van der Waals surface area contributed by atoms with Crippen LogP contribution in [0.3, 0.4) is 0 Å². The Kier molecular flexibility index (Phi) is 5.82. The van der Waals surface area contributed by atoms with Gasteiger partial charge in [-0.3, -0.25) is 0 Å². The molecular formula is C30H24N6O2. The van der Waals surface area contributed by atoms with Crippen molar-refractivity contribution < 1.29 is 9.47 Å². The van der Waals surface area contributed by atoms with Crippen molar-refractivity contribution in [3.05, 3.63) is 60.2 Å². The van der Waals surface area contributed by atoms with Crippen molar-refractivity contribution in [1.82, 2.24) is 30.2 Å². The predicted molar refractivity (Wildman–Crippen MR) is 146 cm³/mol. The Labute approximate surface area is 219 Å². The first kappa shape index (κ1) is 22.7. The fourth-order valence-corrected chi connectivity index (χ4v) is 5.10. The molecule has 0 spiro atoms. The number of hydrogen-bond acceptors (Lipinski definition) is 8. The second-order valence-corrected chi connectivity index (χ2v) is 9.45. The second kappa shape index (κ2) is 9.75. The third kappa shape index (κ3) is 4.20. The lowest BCUT2D eigenvalue weighted by molar-refractivity contribution is 0.0637. The molecule has 0 atom stereocenters. The van der Waals surface area contributed by atoms with Crippen LogP contribution in [0.4, 0.5) is 0 Å². The molecular weight excluding hydrogens is 476 g/mol. The topological polar surface area (TPSA) is 76.5 Å². The van der Waals surface area contributed by atoms with Gasteiger partial charge in [0.2, 0.25) is 0 Å². The van der Waals surface area contributed by atoms with Crippen molar-refractivity contribution >= 4 is 43.1 Å². The molecule has 5 aromatic rings. The van der Waals surface area contributed by atoms with Gasteiger partial charge in [-0.25, -0.2) is 0 Å². The molecule has 8 heteroatoms. The molecule has 0 aliphatic carbocycles. The van der Waals surface area contributed by atoms with E-state index in [1.54, 1.807) is 24.8 Å². The Morgan fingerprint density at radius 3 is 1.13 bits per heavy atom. The van der Waals surface area contributed by atoms with Crippen LogP contribution in [0, 0.1) is 23.9 Å². The van der Waals surface area contributed by atoms with Crippen LogP contribution in [0.15, 0.2) is 49.1 Å². The molecule has 0 N–H and O–H groups in total. The lowest BCUT2D eigenvalue weighted by atomic mass is 9.89. The van der Waals surface area contributed by atoms with Gasteiger partial charge in [0.1, 0.15) is 0 Å². The highest BCUT2D eigenvalue weighted by Gasteiger charge is 2.16. The van der Waals surface area contributed by atoms with Gasteiger partial charge in [-0.1, -0.05) is 0 Å². The minimum Gasteiger partial charge on any atom is -0.378 e. The van der Waals surface area contributed by atoms with E-state index in [-0.39, 0.29) is 0 Å². The van der Waals surface area contributed by atoms with Crippen LogP contribution >= 0.6 is 0 Å². The van der Waals surface area contributed by atoms with Crippen molar-refractivity contribution in [2.75, 3.05) is 52.6 Å². The predicted octanol–water partition coefficient (Wildman–Crippen LogP) is 3.16. The molecule has 2 aromatic heterocycles. The van der Waals surface area contributed by atoms with Gasteiger partial charge in [-0.2, -0.15) is 20.4 Å². The van der Waals surface area contributed by atoms with Crippen molar-refractivity contribution in [3.8, 4) is 23.9 Å². The fraction of sp³-hybridized carbons (Fsp3) is 0.267. The molecule has 3 aromatic carbocycles. The van der Waals surface area contributed by atoms with Crippen molar-refractivity contribution in [3.63, 3.8) is 0 Å². The summed E-state index contributed by atoms with van der Waals surface area (Å²) in [5.41, 5.74) is 1.94. The minimum absolute atomic E-state index is 0.693. The van der Waals surface area contributed by atoms with Crippen LogP contribution in [-0.4, -0.2) is 82.8 Å². The summed E-state index contributed by atoms with van der Waals surface area (Å²) in [6, 6.07) is 15.5. The van der Waals surface area contributed by atoms with Gasteiger partial charge in [0, 0.05) is 70.9 Å². The molecule has 0 saturated carbocycles. The first-order valence-electron chi connectivity index (χ1n) is 12.8. The highest BCUT2D eigenvalue weighted by molar-refractivity contribution is 6.15. The minimum atomic E-state index is 0.693. The van der Waals surface area contributed by atoms with E-state index >= 15 is 0 Å². The Balaban J connectivity index is 1.56. The average molecular weight is 501 g/mol. The van der Waals surface area contributed by atoms with E-state index in [1.807, 2.05) is 0 Å². The molecule has 2 aliphatic rings. The summed E-state index contributed by atoms with van der Waals surface area (Å²) in [7, 11) is 0. The molecule has 0 radical (unpaired) electrons. The second-order valence-electron chi connectivity index (χ2n) is 9.45. The maximum absolute atomic E-state index is 5.52. The SMILES string of the molecule is C(#CN1CCOCC1)c1c2cc3cnncc3cc2c(C#CN2CCOCC2)c2cc3cnncc3cc12. The summed E-state index contributed by atoms with van der Waals surface area (Å²) in [6.07, 6.45) is 7.20. The Morgan fingerprint density at radius 2 is 0.816 bits per heavy atom. The number of morpholine rings is 2. The Morgan fingerprint density at radius 1 is 0.500 bits per heavy atom.